The molecule has 94 valence electrons. The van der Waals surface area contributed by atoms with Crippen molar-refractivity contribution in [3.8, 4) is 0 Å². The standard InChI is InChI=1S/C11H17N3O2S/c1-2-12-11-6-5-10(8-13-11)17(15,16)14-7-9-3-4-9/h5-6,8-9,14H,2-4,7H2,1H3,(H,12,13). The van der Waals surface area contributed by atoms with Crippen molar-refractivity contribution in [2.75, 3.05) is 18.4 Å². The number of sulfonamides is 1. The zero-order valence-corrected chi connectivity index (χ0v) is 10.6. The van der Waals surface area contributed by atoms with Gasteiger partial charge in [-0.15, -0.1) is 0 Å². The van der Waals surface area contributed by atoms with Gasteiger partial charge in [-0.1, -0.05) is 0 Å². The predicted octanol–water partition coefficient (Wildman–Crippen LogP) is 1.20. The van der Waals surface area contributed by atoms with Gasteiger partial charge in [0.15, 0.2) is 0 Å². The minimum absolute atomic E-state index is 0.222. The zero-order valence-electron chi connectivity index (χ0n) is 9.81. The van der Waals surface area contributed by atoms with Gasteiger partial charge in [0.1, 0.15) is 10.7 Å². The number of nitrogens with one attached hydrogen (secondary N) is 2. The second-order valence-corrected chi connectivity index (χ2v) is 5.97. The molecule has 1 aromatic heterocycles. The lowest BCUT2D eigenvalue weighted by atomic mass is 10.4. The molecule has 6 heteroatoms. The van der Waals surface area contributed by atoms with Crippen molar-refractivity contribution in [1.29, 1.82) is 0 Å². The molecule has 0 spiro atoms. The number of pyridine rings is 1. The molecular formula is C11H17N3O2S. The van der Waals surface area contributed by atoms with E-state index < -0.39 is 10.0 Å². The molecule has 0 unspecified atom stereocenters. The molecule has 0 radical (unpaired) electrons. The summed E-state index contributed by atoms with van der Waals surface area (Å²) in [6.07, 6.45) is 3.63. The van der Waals surface area contributed by atoms with Crippen molar-refractivity contribution in [3.63, 3.8) is 0 Å². The van der Waals surface area contributed by atoms with Crippen LogP contribution in [0.2, 0.25) is 0 Å². The van der Waals surface area contributed by atoms with Gasteiger partial charge in [-0.05, 0) is 37.8 Å². The summed E-state index contributed by atoms with van der Waals surface area (Å²) in [5.41, 5.74) is 0. The lowest BCUT2D eigenvalue weighted by Gasteiger charge is -2.06. The monoisotopic (exact) mass is 255 g/mol. The van der Waals surface area contributed by atoms with Crippen LogP contribution in [-0.2, 0) is 10.0 Å². The Hall–Kier alpha value is -1.14. The Balaban J connectivity index is 2.03. The molecule has 0 amide bonds. The van der Waals surface area contributed by atoms with Crippen molar-refractivity contribution < 1.29 is 8.42 Å². The number of hydrogen-bond acceptors (Lipinski definition) is 4. The van der Waals surface area contributed by atoms with Gasteiger partial charge in [-0.2, -0.15) is 0 Å². The lowest BCUT2D eigenvalue weighted by molar-refractivity contribution is 0.577. The molecule has 2 rings (SSSR count). The topological polar surface area (TPSA) is 71.1 Å². The first-order chi connectivity index (χ1) is 8.12. The first-order valence-electron chi connectivity index (χ1n) is 5.81. The molecule has 1 aliphatic rings. The maximum Gasteiger partial charge on any atom is 0.242 e. The van der Waals surface area contributed by atoms with Crippen molar-refractivity contribution in [2.24, 2.45) is 5.92 Å². The first-order valence-corrected chi connectivity index (χ1v) is 7.29. The molecule has 0 aliphatic heterocycles. The number of anilines is 1. The van der Waals surface area contributed by atoms with Crippen LogP contribution >= 0.6 is 0 Å². The van der Waals surface area contributed by atoms with E-state index in [1.165, 1.54) is 6.20 Å². The summed E-state index contributed by atoms with van der Waals surface area (Å²) in [6, 6.07) is 3.25. The molecule has 17 heavy (non-hydrogen) atoms. The summed E-state index contributed by atoms with van der Waals surface area (Å²) in [5.74, 6) is 1.22. The molecule has 0 atom stereocenters. The SMILES string of the molecule is CCNc1ccc(S(=O)(=O)NCC2CC2)cn1. The van der Waals surface area contributed by atoms with Gasteiger partial charge in [0.05, 0.1) is 0 Å². The Morgan fingerprint density at radius 2 is 2.18 bits per heavy atom. The fraction of sp³-hybridized carbons (Fsp3) is 0.545. The van der Waals surface area contributed by atoms with E-state index in [-0.39, 0.29) is 4.90 Å². The second kappa shape index (κ2) is 5.01. The normalized spacial score (nSPS) is 15.8. The van der Waals surface area contributed by atoms with Gasteiger partial charge < -0.3 is 5.32 Å². The molecule has 1 heterocycles. The van der Waals surface area contributed by atoms with E-state index in [0.29, 0.717) is 18.3 Å². The highest BCUT2D eigenvalue weighted by Gasteiger charge is 2.24. The Morgan fingerprint density at radius 1 is 1.41 bits per heavy atom. The van der Waals surface area contributed by atoms with Crippen LogP contribution in [0.15, 0.2) is 23.2 Å². The summed E-state index contributed by atoms with van der Waals surface area (Å²) in [5, 5.41) is 3.02. The summed E-state index contributed by atoms with van der Waals surface area (Å²) < 4.78 is 26.3. The van der Waals surface area contributed by atoms with E-state index in [4.69, 9.17) is 0 Å². The second-order valence-electron chi connectivity index (χ2n) is 4.20. The molecule has 1 aromatic rings. The summed E-state index contributed by atoms with van der Waals surface area (Å²) >= 11 is 0. The zero-order chi connectivity index (χ0) is 12.3. The number of aromatic nitrogens is 1. The van der Waals surface area contributed by atoms with Crippen LogP contribution in [0.4, 0.5) is 5.82 Å². The molecule has 1 aliphatic carbocycles. The molecule has 0 aromatic carbocycles. The molecule has 5 nitrogen and oxygen atoms in total. The Bertz CT molecular complexity index is 466. The van der Waals surface area contributed by atoms with Crippen LogP contribution in [0.5, 0.6) is 0 Å². The average molecular weight is 255 g/mol. The first kappa shape index (κ1) is 12.3. The smallest absolute Gasteiger partial charge is 0.242 e. The minimum Gasteiger partial charge on any atom is -0.370 e. The molecular weight excluding hydrogens is 238 g/mol. The van der Waals surface area contributed by atoms with E-state index in [0.717, 1.165) is 19.4 Å². The van der Waals surface area contributed by atoms with E-state index in [2.05, 4.69) is 15.0 Å². The van der Waals surface area contributed by atoms with Crippen LogP contribution in [0.3, 0.4) is 0 Å². The molecule has 1 fully saturated rings. The van der Waals surface area contributed by atoms with Crippen molar-refractivity contribution in [2.45, 2.75) is 24.7 Å². The van der Waals surface area contributed by atoms with Gasteiger partial charge in [-0.3, -0.25) is 0 Å². The van der Waals surface area contributed by atoms with Gasteiger partial charge in [0.25, 0.3) is 0 Å². The Labute approximate surface area is 102 Å². The summed E-state index contributed by atoms with van der Waals surface area (Å²) in [6.45, 7) is 3.26. The van der Waals surface area contributed by atoms with Crippen LogP contribution in [0.25, 0.3) is 0 Å². The van der Waals surface area contributed by atoms with Crippen molar-refractivity contribution >= 4 is 15.8 Å². The third-order valence-electron chi connectivity index (χ3n) is 2.66. The maximum atomic E-state index is 11.9. The highest BCUT2D eigenvalue weighted by molar-refractivity contribution is 7.89. The number of rotatable bonds is 6. The van der Waals surface area contributed by atoms with Gasteiger partial charge >= 0.3 is 0 Å². The van der Waals surface area contributed by atoms with E-state index in [9.17, 15) is 8.42 Å². The van der Waals surface area contributed by atoms with Gasteiger partial charge in [0.2, 0.25) is 10.0 Å². The third kappa shape index (κ3) is 3.41. The van der Waals surface area contributed by atoms with Crippen molar-refractivity contribution in [1.82, 2.24) is 9.71 Å². The van der Waals surface area contributed by atoms with Crippen LogP contribution in [0, 0.1) is 5.92 Å². The highest BCUT2D eigenvalue weighted by Crippen LogP contribution is 2.28. The lowest BCUT2D eigenvalue weighted by Crippen LogP contribution is -2.25. The molecule has 2 N–H and O–H groups in total. The summed E-state index contributed by atoms with van der Waals surface area (Å²) in [7, 11) is -3.39. The molecule has 1 saturated carbocycles. The van der Waals surface area contributed by atoms with Gasteiger partial charge in [-0.25, -0.2) is 18.1 Å². The Morgan fingerprint density at radius 3 is 2.71 bits per heavy atom. The number of nitrogens with zero attached hydrogens (tertiary/aromatic N) is 1. The summed E-state index contributed by atoms with van der Waals surface area (Å²) in [4.78, 5) is 4.27. The largest absolute Gasteiger partial charge is 0.370 e. The highest BCUT2D eigenvalue weighted by atomic mass is 32.2. The maximum absolute atomic E-state index is 11.9. The molecule has 0 bridgehead atoms. The van der Waals surface area contributed by atoms with E-state index in [1.54, 1.807) is 12.1 Å². The third-order valence-corrected chi connectivity index (χ3v) is 4.07. The van der Waals surface area contributed by atoms with Crippen LogP contribution < -0.4 is 10.0 Å². The average Bonchev–Trinajstić information content (AvgIpc) is 3.12. The number of hydrogen-bond donors (Lipinski definition) is 2. The van der Waals surface area contributed by atoms with E-state index >= 15 is 0 Å². The van der Waals surface area contributed by atoms with Crippen LogP contribution in [-0.4, -0.2) is 26.5 Å². The fourth-order valence-electron chi connectivity index (χ4n) is 1.46. The van der Waals surface area contributed by atoms with Crippen LogP contribution in [0.1, 0.15) is 19.8 Å². The predicted molar refractivity (Wildman–Crippen MR) is 66.3 cm³/mol. The quantitative estimate of drug-likeness (QED) is 0.801. The fourth-order valence-corrected chi connectivity index (χ4v) is 2.52. The minimum atomic E-state index is -3.39. The van der Waals surface area contributed by atoms with Gasteiger partial charge in [0, 0.05) is 19.3 Å². The van der Waals surface area contributed by atoms with Crippen molar-refractivity contribution in [3.05, 3.63) is 18.3 Å². The molecule has 0 saturated heterocycles. The van der Waals surface area contributed by atoms with E-state index in [1.807, 2.05) is 6.92 Å². The Kier molecular flexibility index (Phi) is 3.63.